The molecule has 0 bridgehead atoms. The van der Waals surface area contributed by atoms with E-state index < -0.39 is 23.0 Å². The molecule has 2 amide bonds. The second kappa shape index (κ2) is 4.84. The number of hydrogen-bond acceptors (Lipinski definition) is 5. The van der Waals surface area contributed by atoms with Crippen LogP contribution in [0.1, 0.15) is 34.2 Å². The minimum absolute atomic E-state index is 0.0211. The number of carbonyl (C=O) groups is 2. The number of hydrogen-bond donors (Lipinski definition) is 2. The first-order chi connectivity index (χ1) is 10.3. The van der Waals surface area contributed by atoms with Crippen LogP contribution in [0.5, 0.6) is 5.75 Å². The minimum atomic E-state index is -0.921. The highest BCUT2D eigenvalue weighted by Gasteiger charge is 2.42. The van der Waals surface area contributed by atoms with Gasteiger partial charge in [0.15, 0.2) is 11.4 Å². The van der Waals surface area contributed by atoms with Gasteiger partial charge in [0.1, 0.15) is 11.7 Å². The van der Waals surface area contributed by atoms with E-state index in [9.17, 15) is 19.5 Å². The van der Waals surface area contributed by atoms with E-state index in [-0.39, 0.29) is 23.5 Å². The molecule has 22 heavy (non-hydrogen) atoms. The van der Waals surface area contributed by atoms with Crippen molar-refractivity contribution in [2.45, 2.75) is 32.1 Å². The predicted octanol–water partition coefficient (Wildman–Crippen LogP) is -0.841. The van der Waals surface area contributed by atoms with Gasteiger partial charge >= 0.3 is 0 Å². The van der Waals surface area contributed by atoms with Gasteiger partial charge in [0.2, 0.25) is 5.43 Å². The molecule has 3 N–H and O–H groups in total. The molecule has 3 heterocycles. The molecule has 0 saturated carbocycles. The van der Waals surface area contributed by atoms with Crippen molar-refractivity contribution in [2.75, 3.05) is 13.6 Å². The maximum Gasteiger partial charge on any atom is 0.276 e. The van der Waals surface area contributed by atoms with Crippen LogP contribution in [0.25, 0.3) is 0 Å². The molecule has 3 rings (SSSR count). The monoisotopic (exact) mass is 306 g/mol. The number of nitrogens with two attached hydrogens (primary N) is 1. The van der Waals surface area contributed by atoms with Gasteiger partial charge in [-0.1, -0.05) is 0 Å². The van der Waals surface area contributed by atoms with E-state index in [0.29, 0.717) is 6.54 Å². The molecule has 2 aliphatic rings. The van der Waals surface area contributed by atoms with Crippen molar-refractivity contribution < 1.29 is 14.7 Å². The maximum atomic E-state index is 12.7. The number of primary amides is 1. The lowest BCUT2D eigenvalue weighted by atomic mass is 10.0. The Kier molecular flexibility index (Phi) is 3.21. The molecule has 118 valence electrons. The number of amides is 2. The summed E-state index contributed by atoms with van der Waals surface area (Å²) >= 11 is 0. The van der Waals surface area contributed by atoms with Crippen LogP contribution in [0.4, 0.5) is 0 Å². The van der Waals surface area contributed by atoms with Crippen LogP contribution in [0.15, 0.2) is 11.0 Å². The lowest BCUT2D eigenvalue weighted by molar-refractivity contribution is -0.0209. The molecular formula is C14H18N4O4. The molecule has 8 heteroatoms. The smallest absolute Gasteiger partial charge is 0.276 e. The largest absolute Gasteiger partial charge is 0.503 e. The topological polar surface area (TPSA) is 109 Å². The third kappa shape index (κ3) is 1.91. The summed E-state index contributed by atoms with van der Waals surface area (Å²) in [7, 11) is 1.92. The lowest BCUT2D eigenvalue weighted by Gasteiger charge is -2.49. The highest BCUT2D eigenvalue weighted by molar-refractivity contribution is 5.98. The second-order valence-electron chi connectivity index (χ2n) is 5.90. The number of likely N-dealkylation sites (N-methyl/N-ethyl adjacent to an activating group) is 1. The van der Waals surface area contributed by atoms with E-state index in [2.05, 4.69) is 0 Å². The molecule has 2 atom stereocenters. The van der Waals surface area contributed by atoms with Gasteiger partial charge < -0.3 is 20.3 Å². The number of pyridine rings is 1. The highest BCUT2D eigenvalue weighted by atomic mass is 16.3. The zero-order chi connectivity index (χ0) is 16.2. The molecule has 0 radical (unpaired) electrons. The SMILES string of the molecule is CC1CCN(C)C2Cn3cc(C(N)=O)c(=O)c(O)c3C(=O)N12. The Labute approximate surface area is 126 Å². The van der Waals surface area contributed by atoms with Crippen molar-refractivity contribution in [3.63, 3.8) is 0 Å². The van der Waals surface area contributed by atoms with Crippen molar-refractivity contribution in [1.29, 1.82) is 0 Å². The van der Waals surface area contributed by atoms with Crippen LogP contribution in [-0.2, 0) is 6.54 Å². The Morgan fingerprint density at radius 2 is 2.09 bits per heavy atom. The quantitative estimate of drug-likeness (QED) is 0.703. The van der Waals surface area contributed by atoms with E-state index in [4.69, 9.17) is 5.73 Å². The van der Waals surface area contributed by atoms with Gasteiger partial charge in [0, 0.05) is 18.8 Å². The first-order valence-corrected chi connectivity index (χ1v) is 7.12. The van der Waals surface area contributed by atoms with Crippen molar-refractivity contribution in [2.24, 2.45) is 5.73 Å². The Balaban J connectivity index is 2.19. The maximum absolute atomic E-state index is 12.7. The molecule has 8 nitrogen and oxygen atoms in total. The average molecular weight is 306 g/mol. The molecule has 1 fully saturated rings. The van der Waals surface area contributed by atoms with E-state index in [1.165, 1.54) is 10.8 Å². The summed E-state index contributed by atoms with van der Waals surface area (Å²) in [6, 6.07) is 0.0211. The van der Waals surface area contributed by atoms with Gasteiger partial charge in [-0.25, -0.2) is 0 Å². The van der Waals surface area contributed by atoms with E-state index in [0.717, 1.165) is 13.0 Å². The molecule has 0 aliphatic carbocycles. The van der Waals surface area contributed by atoms with Crippen molar-refractivity contribution >= 4 is 11.8 Å². The Morgan fingerprint density at radius 1 is 1.41 bits per heavy atom. The molecular weight excluding hydrogens is 288 g/mol. The van der Waals surface area contributed by atoms with E-state index >= 15 is 0 Å². The van der Waals surface area contributed by atoms with Crippen molar-refractivity contribution in [1.82, 2.24) is 14.4 Å². The third-order valence-corrected chi connectivity index (χ3v) is 4.52. The Morgan fingerprint density at radius 3 is 2.73 bits per heavy atom. The number of carbonyl (C=O) groups excluding carboxylic acids is 2. The summed E-state index contributed by atoms with van der Waals surface area (Å²) < 4.78 is 1.45. The first-order valence-electron chi connectivity index (χ1n) is 7.12. The molecule has 1 aromatic rings. The van der Waals surface area contributed by atoms with Gasteiger partial charge in [-0.05, 0) is 20.4 Å². The van der Waals surface area contributed by atoms with Crippen LogP contribution in [-0.4, -0.2) is 57.1 Å². The lowest BCUT2D eigenvalue weighted by Crippen LogP contribution is -2.62. The van der Waals surface area contributed by atoms with Gasteiger partial charge in [-0.2, -0.15) is 0 Å². The fourth-order valence-electron chi connectivity index (χ4n) is 3.24. The van der Waals surface area contributed by atoms with Crippen LogP contribution in [0.2, 0.25) is 0 Å². The average Bonchev–Trinajstić information content (AvgIpc) is 2.46. The highest BCUT2D eigenvalue weighted by Crippen LogP contribution is 2.29. The zero-order valence-corrected chi connectivity index (χ0v) is 12.4. The summed E-state index contributed by atoms with van der Waals surface area (Å²) in [5.41, 5.74) is 3.88. The summed E-state index contributed by atoms with van der Waals surface area (Å²) in [6.45, 7) is 3.16. The number of aromatic hydroxyl groups is 1. The van der Waals surface area contributed by atoms with Gasteiger partial charge in [0.05, 0.1) is 6.54 Å². The summed E-state index contributed by atoms with van der Waals surface area (Å²) in [5, 5.41) is 10.1. The molecule has 2 aliphatic heterocycles. The van der Waals surface area contributed by atoms with Crippen LogP contribution in [0, 0.1) is 0 Å². The van der Waals surface area contributed by atoms with Gasteiger partial charge in [0.25, 0.3) is 11.8 Å². The molecule has 0 aromatic carbocycles. The molecule has 1 aromatic heterocycles. The van der Waals surface area contributed by atoms with E-state index in [1.807, 2.05) is 18.9 Å². The standard InChI is InChI=1S/C14H18N4O4/c1-7-3-4-16(2)9-6-17-5-8(13(15)21)11(19)12(20)10(17)14(22)18(7)9/h5,7,9,20H,3-4,6H2,1-2H3,(H2,15,21). The Bertz CT molecular complexity index is 726. The Hall–Kier alpha value is -2.35. The fraction of sp³-hybridized carbons (Fsp3) is 0.500. The van der Waals surface area contributed by atoms with E-state index in [1.54, 1.807) is 4.90 Å². The van der Waals surface area contributed by atoms with Gasteiger partial charge in [-0.3, -0.25) is 19.3 Å². The summed E-state index contributed by atoms with van der Waals surface area (Å²) in [4.78, 5) is 39.8. The van der Waals surface area contributed by atoms with Crippen molar-refractivity contribution in [3.8, 4) is 5.75 Å². The number of aromatic nitrogens is 1. The van der Waals surface area contributed by atoms with Gasteiger partial charge in [-0.15, -0.1) is 0 Å². The predicted molar refractivity (Wildman–Crippen MR) is 77.6 cm³/mol. The normalized spacial score (nSPS) is 24.8. The van der Waals surface area contributed by atoms with Crippen LogP contribution >= 0.6 is 0 Å². The second-order valence-corrected chi connectivity index (χ2v) is 5.90. The third-order valence-electron chi connectivity index (χ3n) is 4.52. The van der Waals surface area contributed by atoms with Crippen LogP contribution in [0.3, 0.4) is 0 Å². The van der Waals surface area contributed by atoms with Crippen molar-refractivity contribution in [3.05, 3.63) is 27.7 Å². The zero-order valence-electron chi connectivity index (χ0n) is 12.4. The first kappa shape index (κ1) is 14.6. The fourth-order valence-corrected chi connectivity index (χ4v) is 3.24. The number of rotatable bonds is 1. The molecule has 2 unspecified atom stereocenters. The molecule has 0 spiro atoms. The minimum Gasteiger partial charge on any atom is -0.503 e. The number of fused-ring (bicyclic) bond motifs is 2. The number of nitrogens with zero attached hydrogens (tertiary/aromatic N) is 3. The molecule has 1 saturated heterocycles. The summed E-state index contributed by atoms with van der Waals surface area (Å²) in [5.74, 6) is -2.03. The summed E-state index contributed by atoms with van der Waals surface area (Å²) in [6.07, 6.45) is 1.91. The van der Waals surface area contributed by atoms with Crippen LogP contribution < -0.4 is 11.2 Å².